The summed E-state index contributed by atoms with van der Waals surface area (Å²) in [6, 6.07) is 29.0. The number of sulfone groups is 1. The average Bonchev–Trinajstić information content (AvgIpc) is 1.83. The topological polar surface area (TPSA) is 209 Å². The molecule has 488 valence electrons. The number of nitrogens with one attached hydrogen (secondary N) is 3. The molecule has 0 aromatic heterocycles. The molecule has 5 aromatic rings. The number of amides is 5. The van der Waals surface area contributed by atoms with Crippen LogP contribution >= 0.6 is 23.4 Å². The number of aryl methyl sites for hydroxylation is 1. The summed E-state index contributed by atoms with van der Waals surface area (Å²) >= 11 is 7.69. The Morgan fingerprint density at radius 1 is 0.761 bits per heavy atom. The second-order valence-corrected chi connectivity index (χ2v) is 31.1. The molecule has 3 N–H and O–H groups in total. The molecule has 0 radical (unpaired) electrons. The molecule has 6 aliphatic heterocycles. The molecule has 5 amide bonds. The largest absolute Gasteiger partial charge is 0.501 e. The lowest BCUT2D eigenvalue weighted by molar-refractivity contribution is -0.136. The van der Waals surface area contributed by atoms with Gasteiger partial charge < -0.3 is 20.0 Å². The van der Waals surface area contributed by atoms with Crippen LogP contribution in [0.25, 0.3) is 5.57 Å². The van der Waals surface area contributed by atoms with Gasteiger partial charge in [0.2, 0.25) is 11.8 Å². The van der Waals surface area contributed by atoms with Crippen LogP contribution in [0.1, 0.15) is 114 Å². The fourth-order valence-electron chi connectivity index (χ4n) is 14.3. The summed E-state index contributed by atoms with van der Waals surface area (Å²) < 4.78 is 101. The standard InChI is InChI=1S/C67H75ClF3N9O9S3/c1-66(2)26-22-54(43-8-12-47(68)13-9-43)46(39-66)40-76-32-35-79-51(41-76)14-10-44-36-45(11-19-58(44)79)62(82)74-92(88,89)53-16-18-57(60(38-53)91(86,87)67(69,70)71)72-48(42-90-52-6-4-3-5-7-52)23-27-75-30-33-78(34-31-75)49-24-28-77(29-25-49)50-15-17-55-56(37-50)65(85)80(64(55)84)59-20-21-61(81)73-63(59)83/h3-9,11-13,15-19,36-38,48-49,51,59,72H,10,14,20-35,39-42H2,1-2H3,(H,74,82)(H,73,81,83)/t48-,51?,59?/m1/s1. The number of hydrogen-bond acceptors (Lipinski definition) is 16. The quantitative estimate of drug-likeness (QED) is 0.0551. The fraction of sp³-hybridized carbons (Fsp3) is 0.448. The second kappa shape index (κ2) is 26.5. The number of carbonyl (C=O) groups is 5. The van der Waals surface area contributed by atoms with E-state index in [1.54, 1.807) is 18.2 Å². The molecular formula is C67H75ClF3N9O9S3. The first kappa shape index (κ1) is 65.3. The molecule has 1 aliphatic carbocycles. The van der Waals surface area contributed by atoms with Crippen LogP contribution in [0.3, 0.4) is 0 Å². The molecule has 5 aromatic carbocycles. The summed E-state index contributed by atoms with van der Waals surface area (Å²) in [6.45, 7) is 12.8. The van der Waals surface area contributed by atoms with Crippen molar-refractivity contribution in [1.29, 1.82) is 0 Å². The van der Waals surface area contributed by atoms with Crippen LogP contribution in [0.15, 0.2) is 129 Å². The van der Waals surface area contributed by atoms with E-state index in [9.17, 15) is 54.0 Å². The van der Waals surface area contributed by atoms with Crippen molar-refractivity contribution in [2.75, 3.05) is 92.9 Å². The highest BCUT2D eigenvalue weighted by molar-refractivity contribution is 7.99. The number of hydrogen-bond donors (Lipinski definition) is 3. The number of anilines is 3. The lowest BCUT2D eigenvalue weighted by Crippen LogP contribution is -2.55. The monoisotopic (exact) mass is 1340 g/mol. The number of piperazine rings is 2. The molecule has 25 heteroatoms. The Kier molecular flexibility index (Phi) is 18.8. The average molecular weight is 1340 g/mol. The highest BCUT2D eigenvalue weighted by atomic mass is 35.5. The van der Waals surface area contributed by atoms with E-state index in [1.165, 1.54) is 34.5 Å². The first-order valence-corrected chi connectivity index (χ1v) is 35.8. The Balaban J connectivity index is 0.672. The Labute approximate surface area is 544 Å². The van der Waals surface area contributed by atoms with E-state index >= 15 is 0 Å². The Bertz CT molecular complexity index is 3960. The van der Waals surface area contributed by atoms with E-state index < -0.39 is 82.5 Å². The molecule has 4 saturated heterocycles. The van der Waals surface area contributed by atoms with Gasteiger partial charge in [-0.1, -0.05) is 61.4 Å². The minimum atomic E-state index is -6.15. The van der Waals surface area contributed by atoms with Crippen molar-refractivity contribution in [1.82, 2.24) is 29.6 Å². The summed E-state index contributed by atoms with van der Waals surface area (Å²) in [7, 11) is -11.1. The molecule has 6 heterocycles. The number of nitrogens with zero attached hydrogens (tertiary/aromatic N) is 6. The van der Waals surface area contributed by atoms with Gasteiger partial charge in [-0.25, -0.2) is 21.6 Å². The van der Waals surface area contributed by atoms with Crippen LogP contribution in [-0.2, 0) is 35.9 Å². The van der Waals surface area contributed by atoms with Crippen LogP contribution in [-0.4, -0.2) is 173 Å². The number of alkyl halides is 3. The lowest BCUT2D eigenvalue weighted by atomic mass is 9.72. The normalized spacial score (nSPS) is 21.6. The van der Waals surface area contributed by atoms with Gasteiger partial charge in [-0.3, -0.25) is 44.0 Å². The molecule has 4 fully saturated rings. The number of fused-ring (bicyclic) bond motifs is 4. The summed E-state index contributed by atoms with van der Waals surface area (Å²) in [6.07, 6.45) is 6.74. The van der Waals surface area contributed by atoms with Gasteiger partial charge in [0.1, 0.15) is 10.9 Å². The number of thioether (sulfide) groups is 1. The number of imide groups is 2. The number of benzene rings is 5. The van der Waals surface area contributed by atoms with Gasteiger partial charge in [0, 0.05) is 129 Å². The number of allylic oxidation sites excluding steroid dienone is 1. The third-order valence-electron chi connectivity index (χ3n) is 19.4. The van der Waals surface area contributed by atoms with E-state index in [1.807, 2.05) is 59.3 Å². The lowest BCUT2D eigenvalue weighted by Gasteiger charge is -2.47. The number of piperidine rings is 2. The summed E-state index contributed by atoms with van der Waals surface area (Å²) in [5, 5.41) is 6.01. The summed E-state index contributed by atoms with van der Waals surface area (Å²) in [5.74, 6) is -2.91. The van der Waals surface area contributed by atoms with Crippen LogP contribution < -0.4 is 25.2 Å². The predicted octanol–water partition coefficient (Wildman–Crippen LogP) is 9.50. The minimum Gasteiger partial charge on any atom is -0.380 e. The van der Waals surface area contributed by atoms with Gasteiger partial charge >= 0.3 is 5.51 Å². The molecule has 2 unspecified atom stereocenters. The van der Waals surface area contributed by atoms with E-state index in [0.717, 1.165) is 117 Å². The molecule has 18 nitrogen and oxygen atoms in total. The first-order chi connectivity index (χ1) is 43.9. The molecule has 12 rings (SSSR count). The van der Waals surface area contributed by atoms with Gasteiger partial charge in [0.25, 0.3) is 37.6 Å². The Hall–Kier alpha value is -6.80. The van der Waals surface area contributed by atoms with Crippen LogP contribution in [0.4, 0.5) is 30.2 Å². The number of rotatable bonds is 18. The van der Waals surface area contributed by atoms with Crippen LogP contribution in [0.5, 0.6) is 0 Å². The van der Waals surface area contributed by atoms with Gasteiger partial charge in [-0.15, -0.1) is 11.8 Å². The Morgan fingerprint density at radius 3 is 2.22 bits per heavy atom. The van der Waals surface area contributed by atoms with Crippen molar-refractivity contribution >= 4 is 95.4 Å². The highest BCUT2D eigenvalue weighted by Gasteiger charge is 2.49. The maximum absolute atomic E-state index is 14.6. The number of sulfonamides is 1. The van der Waals surface area contributed by atoms with Gasteiger partial charge in [-0.05, 0) is 159 Å². The second-order valence-electron chi connectivity index (χ2n) is 26.0. The van der Waals surface area contributed by atoms with Crippen molar-refractivity contribution in [3.63, 3.8) is 0 Å². The van der Waals surface area contributed by atoms with E-state index in [0.29, 0.717) is 62.4 Å². The third-order valence-corrected chi connectivity index (χ3v) is 23.6. The van der Waals surface area contributed by atoms with Crippen molar-refractivity contribution in [2.24, 2.45) is 5.41 Å². The molecule has 0 spiro atoms. The molecule has 0 bridgehead atoms. The SMILES string of the molecule is CC1(C)CCC(c2ccc(Cl)cc2)=C(CN2CCN3c4ccc(C(=O)NS(=O)(=O)c5ccc(N[C@H](CCN6CCN(C7CCN(c8ccc9c(c8)C(=O)N(C8CCC(=O)NC8=O)C9=O)CC7)CC6)CSc6ccccc6)c(S(=O)(=O)C(F)(F)F)c5)cc4CCC3C2)C1. The van der Waals surface area contributed by atoms with Gasteiger partial charge in [-0.2, -0.15) is 13.2 Å². The zero-order chi connectivity index (χ0) is 64.9. The van der Waals surface area contributed by atoms with Crippen LogP contribution in [0, 0.1) is 5.41 Å². The van der Waals surface area contributed by atoms with Crippen LogP contribution in [0.2, 0.25) is 5.02 Å². The van der Waals surface area contributed by atoms with E-state index in [-0.39, 0.29) is 47.0 Å². The minimum absolute atomic E-state index is 0.0331. The van der Waals surface area contributed by atoms with Crippen molar-refractivity contribution < 1.29 is 54.0 Å². The molecule has 0 saturated carbocycles. The maximum Gasteiger partial charge on any atom is 0.501 e. The smallest absolute Gasteiger partial charge is 0.380 e. The summed E-state index contributed by atoms with van der Waals surface area (Å²) in [5.41, 5.74) is 1.14. The third kappa shape index (κ3) is 14.0. The number of carbonyl (C=O) groups excluding carboxylic acids is 5. The van der Waals surface area contributed by atoms with Gasteiger partial charge in [0.15, 0.2) is 0 Å². The fourth-order valence-corrected chi connectivity index (χ4v) is 17.5. The van der Waals surface area contributed by atoms with Crippen molar-refractivity contribution in [2.45, 2.75) is 122 Å². The van der Waals surface area contributed by atoms with Crippen molar-refractivity contribution in [3.05, 3.63) is 148 Å². The molecule has 92 heavy (non-hydrogen) atoms. The predicted molar refractivity (Wildman–Crippen MR) is 348 cm³/mol. The zero-order valence-corrected chi connectivity index (χ0v) is 54.6. The molecule has 3 atom stereocenters. The number of halogens is 4. The van der Waals surface area contributed by atoms with Gasteiger partial charge in [0.05, 0.1) is 21.7 Å². The molecular weight excluding hydrogens is 1260 g/mol. The van der Waals surface area contributed by atoms with E-state index in [4.69, 9.17) is 11.6 Å². The highest BCUT2D eigenvalue weighted by Crippen LogP contribution is 2.44. The van der Waals surface area contributed by atoms with E-state index in [2.05, 4.69) is 61.1 Å². The summed E-state index contributed by atoms with van der Waals surface area (Å²) in [4.78, 5) is 76.5. The maximum atomic E-state index is 14.6. The zero-order valence-electron chi connectivity index (χ0n) is 51.4. The van der Waals surface area contributed by atoms with Crippen molar-refractivity contribution in [3.8, 4) is 0 Å². The Morgan fingerprint density at radius 2 is 1.49 bits per heavy atom. The first-order valence-electron chi connectivity index (χ1n) is 31.5. The molecule has 7 aliphatic rings.